The first-order chi connectivity index (χ1) is 10.3. The highest BCUT2D eigenvalue weighted by Crippen LogP contribution is 2.32. The Morgan fingerprint density at radius 2 is 1.48 bits per heavy atom. The molecule has 0 radical (unpaired) electrons. The quantitative estimate of drug-likeness (QED) is 0.523. The standard InChI is InChI=1S/C19H14BrN/c20-14-6-5-7-15(13-12-14)21-18-10-3-1-8-16(18)17-9-2-4-11-19(17)21/h1-11,13H,12H2. The van der Waals surface area contributed by atoms with Gasteiger partial charge in [-0.3, -0.25) is 0 Å². The molecule has 2 aromatic carbocycles. The molecule has 3 aromatic rings. The van der Waals surface area contributed by atoms with Crippen molar-refractivity contribution >= 4 is 43.4 Å². The molecule has 0 aliphatic heterocycles. The van der Waals surface area contributed by atoms with Gasteiger partial charge in [0.1, 0.15) is 0 Å². The normalized spacial score (nSPS) is 15.1. The molecular weight excluding hydrogens is 322 g/mol. The molecular formula is C19H14BrN. The highest BCUT2D eigenvalue weighted by atomic mass is 79.9. The molecule has 0 spiro atoms. The Bertz CT molecular complexity index is 872. The third-order valence-electron chi connectivity index (χ3n) is 3.89. The number of hydrogen-bond donors (Lipinski definition) is 0. The van der Waals surface area contributed by atoms with Gasteiger partial charge in [0, 0.05) is 16.5 Å². The van der Waals surface area contributed by atoms with Crippen LogP contribution in [0.25, 0.3) is 27.5 Å². The van der Waals surface area contributed by atoms with E-state index >= 15 is 0 Å². The summed E-state index contributed by atoms with van der Waals surface area (Å²) in [6, 6.07) is 17.2. The van der Waals surface area contributed by atoms with Gasteiger partial charge in [-0.05, 0) is 29.1 Å². The van der Waals surface area contributed by atoms with Crippen LogP contribution in [0.3, 0.4) is 0 Å². The van der Waals surface area contributed by atoms with Crippen molar-refractivity contribution in [1.82, 2.24) is 4.57 Å². The van der Waals surface area contributed by atoms with Crippen LogP contribution in [0.1, 0.15) is 6.42 Å². The fourth-order valence-corrected chi connectivity index (χ4v) is 3.27. The molecule has 0 amide bonds. The first-order valence-corrected chi connectivity index (χ1v) is 7.85. The number of aromatic nitrogens is 1. The van der Waals surface area contributed by atoms with E-state index in [1.54, 1.807) is 0 Å². The molecule has 4 rings (SSSR count). The van der Waals surface area contributed by atoms with Crippen molar-refractivity contribution in [3.8, 4) is 0 Å². The zero-order valence-corrected chi connectivity index (χ0v) is 13.0. The van der Waals surface area contributed by atoms with E-state index in [2.05, 4.69) is 93.3 Å². The SMILES string of the molecule is BrC1=CC=CC(n2c3ccccc3c3ccccc32)=CC1. The van der Waals surface area contributed by atoms with Crippen LogP contribution >= 0.6 is 15.9 Å². The molecule has 1 aromatic heterocycles. The number of benzene rings is 2. The highest BCUT2D eigenvalue weighted by Gasteiger charge is 2.11. The summed E-state index contributed by atoms with van der Waals surface area (Å²) in [6.45, 7) is 0. The first-order valence-electron chi connectivity index (χ1n) is 7.06. The first kappa shape index (κ1) is 12.7. The Hall–Kier alpha value is -2.06. The van der Waals surface area contributed by atoms with Gasteiger partial charge < -0.3 is 4.57 Å². The van der Waals surface area contributed by atoms with Crippen molar-refractivity contribution in [2.24, 2.45) is 0 Å². The molecule has 0 N–H and O–H groups in total. The maximum atomic E-state index is 3.58. The van der Waals surface area contributed by atoms with Gasteiger partial charge in [-0.15, -0.1) is 0 Å². The van der Waals surface area contributed by atoms with E-state index < -0.39 is 0 Å². The molecule has 0 fully saturated rings. The molecule has 0 unspecified atom stereocenters. The van der Waals surface area contributed by atoms with Gasteiger partial charge in [-0.2, -0.15) is 0 Å². The molecule has 0 bridgehead atoms. The number of para-hydroxylation sites is 2. The Labute approximate surface area is 132 Å². The monoisotopic (exact) mass is 335 g/mol. The maximum absolute atomic E-state index is 3.58. The van der Waals surface area contributed by atoms with Gasteiger partial charge in [-0.25, -0.2) is 0 Å². The lowest BCUT2D eigenvalue weighted by Gasteiger charge is -2.08. The number of rotatable bonds is 1. The fourth-order valence-electron chi connectivity index (χ4n) is 2.96. The topological polar surface area (TPSA) is 4.93 Å². The zero-order chi connectivity index (χ0) is 14.2. The van der Waals surface area contributed by atoms with Crippen molar-refractivity contribution in [3.63, 3.8) is 0 Å². The van der Waals surface area contributed by atoms with Crippen molar-refractivity contribution in [3.05, 3.63) is 77.3 Å². The largest absolute Gasteiger partial charge is 0.310 e. The summed E-state index contributed by atoms with van der Waals surface area (Å²) in [6.07, 6.45) is 9.57. The van der Waals surface area contributed by atoms with Crippen LogP contribution in [0, 0.1) is 0 Å². The van der Waals surface area contributed by atoms with Crippen LogP contribution in [0.15, 0.2) is 77.3 Å². The van der Waals surface area contributed by atoms with Crippen LogP contribution in [0.2, 0.25) is 0 Å². The highest BCUT2D eigenvalue weighted by molar-refractivity contribution is 9.11. The average molecular weight is 336 g/mol. The van der Waals surface area contributed by atoms with Crippen molar-refractivity contribution in [2.75, 3.05) is 0 Å². The van der Waals surface area contributed by atoms with Crippen LogP contribution < -0.4 is 0 Å². The molecule has 1 aliphatic rings. The zero-order valence-electron chi connectivity index (χ0n) is 11.5. The summed E-state index contributed by atoms with van der Waals surface area (Å²) in [5.41, 5.74) is 3.73. The summed E-state index contributed by atoms with van der Waals surface area (Å²) in [7, 11) is 0. The Morgan fingerprint density at radius 3 is 2.14 bits per heavy atom. The van der Waals surface area contributed by atoms with Gasteiger partial charge in [-0.1, -0.05) is 70.6 Å². The fraction of sp³-hybridized carbons (Fsp3) is 0.0526. The second kappa shape index (κ2) is 5.05. The van der Waals surface area contributed by atoms with Crippen molar-refractivity contribution < 1.29 is 0 Å². The average Bonchev–Trinajstić information content (AvgIpc) is 2.70. The number of hydrogen-bond acceptors (Lipinski definition) is 0. The number of allylic oxidation sites excluding steroid dienone is 6. The summed E-state index contributed by atoms with van der Waals surface area (Å²) in [5.74, 6) is 0. The van der Waals surface area contributed by atoms with Crippen LogP contribution in [0.5, 0.6) is 0 Å². The van der Waals surface area contributed by atoms with E-state index in [9.17, 15) is 0 Å². The minimum absolute atomic E-state index is 0.920. The van der Waals surface area contributed by atoms with E-state index in [-0.39, 0.29) is 0 Å². The molecule has 1 heterocycles. The summed E-state index contributed by atoms with van der Waals surface area (Å²) in [4.78, 5) is 0. The van der Waals surface area contributed by atoms with Gasteiger partial charge in [0.2, 0.25) is 0 Å². The van der Waals surface area contributed by atoms with Crippen LogP contribution in [-0.4, -0.2) is 4.57 Å². The second-order valence-corrected chi connectivity index (χ2v) is 6.19. The minimum atomic E-state index is 0.920. The maximum Gasteiger partial charge on any atom is 0.0540 e. The Kier molecular flexibility index (Phi) is 3.04. The molecule has 21 heavy (non-hydrogen) atoms. The lowest BCUT2D eigenvalue weighted by molar-refractivity contribution is 1.21. The Morgan fingerprint density at radius 1 is 0.857 bits per heavy atom. The van der Waals surface area contributed by atoms with Crippen molar-refractivity contribution in [1.29, 1.82) is 0 Å². The molecule has 0 saturated carbocycles. The van der Waals surface area contributed by atoms with Gasteiger partial charge >= 0.3 is 0 Å². The van der Waals surface area contributed by atoms with E-state index in [1.165, 1.54) is 32.0 Å². The Balaban J connectivity index is 2.07. The summed E-state index contributed by atoms with van der Waals surface area (Å²) >= 11 is 3.58. The molecule has 0 atom stereocenters. The summed E-state index contributed by atoms with van der Waals surface area (Å²) < 4.78 is 3.55. The smallest absolute Gasteiger partial charge is 0.0540 e. The predicted octanol–water partition coefficient (Wildman–Crippen LogP) is 5.87. The predicted molar refractivity (Wildman–Crippen MR) is 94.5 cm³/mol. The van der Waals surface area contributed by atoms with Gasteiger partial charge in [0.25, 0.3) is 0 Å². The third-order valence-corrected chi connectivity index (χ3v) is 4.48. The lowest BCUT2D eigenvalue weighted by atomic mass is 10.2. The number of fused-ring (bicyclic) bond motifs is 3. The third kappa shape index (κ3) is 2.07. The summed E-state index contributed by atoms with van der Waals surface area (Å²) in [5, 5.41) is 2.61. The second-order valence-electron chi connectivity index (χ2n) is 5.18. The minimum Gasteiger partial charge on any atom is -0.310 e. The van der Waals surface area contributed by atoms with Crippen molar-refractivity contribution in [2.45, 2.75) is 6.42 Å². The van der Waals surface area contributed by atoms with E-state index in [4.69, 9.17) is 0 Å². The van der Waals surface area contributed by atoms with Gasteiger partial charge in [0.05, 0.1) is 11.0 Å². The van der Waals surface area contributed by atoms with Crippen LogP contribution in [0.4, 0.5) is 0 Å². The van der Waals surface area contributed by atoms with E-state index in [1.807, 2.05) is 0 Å². The molecule has 0 saturated heterocycles. The lowest BCUT2D eigenvalue weighted by Crippen LogP contribution is -1.94. The van der Waals surface area contributed by atoms with Crippen LogP contribution in [-0.2, 0) is 0 Å². The molecule has 2 heteroatoms. The molecule has 1 nitrogen and oxygen atoms in total. The molecule has 102 valence electrons. The number of halogens is 1. The van der Waals surface area contributed by atoms with Gasteiger partial charge in [0.15, 0.2) is 0 Å². The molecule has 1 aliphatic carbocycles. The number of nitrogens with zero attached hydrogens (tertiary/aromatic N) is 1. The van der Waals surface area contributed by atoms with E-state index in [0.717, 1.165) is 6.42 Å². The van der Waals surface area contributed by atoms with E-state index in [0.29, 0.717) is 0 Å².